The highest BCUT2D eigenvalue weighted by Gasteiger charge is 2.46. The second kappa shape index (κ2) is 6.06. The van der Waals surface area contributed by atoms with Gasteiger partial charge in [0, 0.05) is 0 Å². The number of nitrogens with one attached hydrogen (secondary N) is 1. The monoisotopic (exact) mass is 309 g/mol. The molecule has 2 N–H and O–H groups in total. The van der Waals surface area contributed by atoms with Crippen molar-refractivity contribution in [3.8, 4) is 0 Å². The van der Waals surface area contributed by atoms with Crippen LogP contribution < -0.4 is 5.32 Å². The molecule has 1 aromatic rings. The lowest BCUT2D eigenvalue weighted by Crippen LogP contribution is -2.60. The van der Waals surface area contributed by atoms with Gasteiger partial charge in [0.25, 0.3) is 5.91 Å². The van der Waals surface area contributed by atoms with Gasteiger partial charge in [0.15, 0.2) is 0 Å². The van der Waals surface area contributed by atoms with E-state index in [4.69, 9.17) is 11.6 Å². The summed E-state index contributed by atoms with van der Waals surface area (Å²) in [6, 6.07) is 5.18. The van der Waals surface area contributed by atoms with Crippen LogP contribution in [-0.2, 0) is 4.79 Å². The molecule has 1 aliphatic carbocycles. The summed E-state index contributed by atoms with van der Waals surface area (Å²) in [5.41, 5.74) is -0.0666. The maximum atomic E-state index is 12.5. The smallest absolute Gasteiger partial charge is 0.329 e. The maximum absolute atomic E-state index is 12.5. The molecular weight excluding hydrogens is 290 g/mol. The first-order valence-electron chi connectivity index (χ1n) is 7.19. The number of carbonyl (C=O) groups excluding carboxylic acids is 1. The molecule has 0 saturated heterocycles. The van der Waals surface area contributed by atoms with Crippen LogP contribution in [0.3, 0.4) is 0 Å². The molecule has 1 aromatic carbocycles. The van der Waals surface area contributed by atoms with Gasteiger partial charge in [0.05, 0.1) is 10.6 Å². The molecular formula is C16H20ClNO3. The molecule has 1 amide bonds. The van der Waals surface area contributed by atoms with Crippen LogP contribution in [0.1, 0.15) is 48.5 Å². The average molecular weight is 310 g/mol. The normalized spacial score (nSPS) is 25.4. The van der Waals surface area contributed by atoms with Crippen LogP contribution >= 0.6 is 11.6 Å². The number of carbonyl (C=O) groups is 2. The first-order valence-corrected chi connectivity index (χ1v) is 7.57. The van der Waals surface area contributed by atoms with Gasteiger partial charge in [-0.3, -0.25) is 4.79 Å². The van der Waals surface area contributed by atoms with E-state index in [1.807, 2.05) is 19.9 Å². The number of amides is 1. The van der Waals surface area contributed by atoms with Crippen molar-refractivity contribution in [2.75, 3.05) is 0 Å². The van der Waals surface area contributed by atoms with Crippen LogP contribution in [0.4, 0.5) is 0 Å². The SMILES string of the molecule is Cc1cccc(C(=O)NC2(C(=O)O)CCCCC2C)c1Cl. The molecule has 1 aliphatic rings. The molecule has 1 fully saturated rings. The van der Waals surface area contributed by atoms with Gasteiger partial charge in [0.2, 0.25) is 0 Å². The van der Waals surface area contributed by atoms with E-state index in [1.165, 1.54) is 0 Å². The number of aryl methyl sites for hydroxylation is 1. The van der Waals surface area contributed by atoms with Crippen LogP contribution in [0.2, 0.25) is 5.02 Å². The van der Waals surface area contributed by atoms with Crippen LogP contribution in [0, 0.1) is 12.8 Å². The van der Waals surface area contributed by atoms with Crippen LogP contribution in [0.15, 0.2) is 18.2 Å². The minimum atomic E-state index is -1.19. The van der Waals surface area contributed by atoms with Gasteiger partial charge in [-0.05, 0) is 37.3 Å². The van der Waals surface area contributed by atoms with Gasteiger partial charge < -0.3 is 10.4 Å². The van der Waals surface area contributed by atoms with Gasteiger partial charge in [-0.15, -0.1) is 0 Å². The van der Waals surface area contributed by atoms with Crippen molar-refractivity contribution in [1.82, 2.24) is 5.32 Å². The van der Waals surface area contributed by atoms with Crippen LogP contribution in [0.5, 0.6) is 0 Å². The standard InChI is InChI=1S/C16H20ClNO3/c1-10-6-5-8-12(13(10)17)14(19)18-16(15(20)21)9-4-3-7-11(16)2/h5-6,8,11H,3-4,7,9H2,1-2H3,(H,18,19)(H,20,21). The number of rotatable bonds is 3. The minimum absolute atomic E-state index is 0.101. The fraction of sp³-hybridized carbons (Fsp3) is 0.500. The lowest BCUT2D eigenvalue weighted by atomic mass is 9.73. The number of aliphatic carboxylic acids is 1. The molecule has 114 valence electrons. The third-order valence-corrected chi connectivity index (χ3v) is 4.96. The van der Waals surface area contributed by atoms with Gasteiger partial charge >= 0.3 is 5.97 Å². The molecule has 2 atom stereocenters. The number of hydrogen-bond acceptors (Lipinski definition) is 2. The lowest BCUT2D eigenvalue weighted by molar-refractivity contribution is -0.148. The third-order valence-electron chi connectivity index (χ3n) is 4.45. The molecule has 4 nitrogen and oxygen atoms in total. The van der Waals surface area contributed by atoms with E-state index in [9.17, 15) is 14.7 Å². The molecule has 0 bridgehead atoms. The van der Waals surface area contributed by atoms with Crippen LogP contribution in [0.25, 0.3) is 0 Å². The van der Waals surface area contributed by atoms with E-state index >= 15 is 0 Å². The second-order valence-electron chi connectivity index (χ2n) is 5.81. The zero-order valence-electron chi connectivity index (χ0n) is 12.3. The van der Waals surface area contributed by atoms with E-state index in [-0.39, 0.29) is 5.92 Å². The van der Waals surface area contributed by atoms with E-state index in [2.05, 4.69) is 5.32 Å². The highest BCUT2D eigenvalue weighted by atomic mass is 35.5. The maximum Gasteiger partial charge on any atom is 0.329 e. The molecule has 0 aromatic heterocycles. The summed E-state index contributed by atoms with van der Waals surface area (Å²) in [5.74, 6) is -1.48. The molecule has 0 spiro atoms. The lowest BCUT2D eigenvalue weighted by Gasteiger charge is -2.39. The summed E-state index contributed by atoms with van der Waals surface area (Å²) < 4.78 is 0. The van der Waals surface area contributed by atoms with Crippen molar-refractivity contribution < 1.29 is 14.7 Å². The Kier molecular flexibility index (Phi) is 4.57. The average Bonchev–Trinajstić information content (AvgIpc) is 2.44. The van der Waals surface area contributed by atoms with Gasteiger partial charge in [0.1, 0.15) is 5.54 Å². The van der Waals surface area contributed by atoms with Crippen molar-refractivity contribution in [2.45, 2.75) is 45.1 Å². The minimum Gasteiger partial charge on any atom is -0.479 e. The van der Waals surface area contributed by atoms with Crippen LogP contribution in [-0.4, -0.2) is 22.5 Å². The summed E-state index contributed by atoms with van der Waals surface area (Å²) in [5, 5.41) is 12.7. The highest BCUT2D eigenvalue weighted by Crippen LogP contribution is 2.34. The van der Waals surface area contributed by atoms with E-state index in [0.717, 1.165) is 24.8 Å². The molecule has 0 heterocycles. The Morgan fingerprint density at radius 3 is 2.71 bits per heavy atom. The van der Waals surface area contributed by atoms with Gasteiger partial charge in [-0.2, -0.15) is 0 Å². The number of benzene rings is 1. The van der Waals surface area contributed by atoms with E-state index < -0.39 is 17.4 Å². The summed E-state index contributed by atoms with van der Waals surface area (Å²) in [6.45, 7) is 3.70. The summed E-state index contributed by atoms with van der Waals surface area (Å²) in [6.07, 6.45) is 3.06. The molecule has 2 unspecified atom stereocenters. The molecule has 21 heavy (non-hydrogen) atoms. The quantitative estimate of drug-likeness (QED) is 0.899. The van der Waals surface area contributed by atoms with Crippen molar-refractivity contribution in [3.05, 3.63) is 34.3 Å². The topological polar surface area (TPSA) is 66.4 Å². The Morgan fingerprint density at radius 1 is 1.38 bits per heavy atom. The fourth-order valence-electron chi connectivity index (χ4n) is 3.00. The number of carboxylic acids is 1. The van der Waals surface area contributed by atoms with Crippen molar-refractivity contribution >= 4 is 23.5 Å². The second-order valence-corrected chi connectivity index (χ2v) is 6.19. The number of hydrogen-bond donors (Lipinski definition) is 2. The summed E-state index contributed by atoms with van der Waals surface area (Å²) in [4.78, 5) is 24.2. The highest BCUT2D eigenvalue weighted by molar-refractivity contribution is 6.34. The van der Waals surface area contributed by atoms with Crippen molar-refractivity contribution in [2.24, 2.45) is 5.92 Å². The Morgan fingerprint density at radius 2 is 2.10 bits per heavy atom. The Labute approximate surface area is 129 Å². The largest absolute Gasteiger partial charge is 0.479 e. The van der Waals surface area contributed by atoms with Gasteiger partial charge in [-0.1, -0.05) is 43.5 Å². The molecule has 1 saturated carbocycles. The Balaban J connectivity index is 2.31. The van der Waals surface area contributed by atoms with E-state index in [1.54, 1.807) is 12.1 Å². The van der Waals surface area contributed by atoms with E-state index in [0.29, 0.717) is 17.0 Å². The predicted molar refractivity (Wildman–Crippen MR) is 81.7 cm³/mol. The zero-order valence-corrected chi connectivity index (χ0v) is 13.0. The molecule has 5 heteroatoms. The van der Waals surface area contributed by atoms with Crippen molar-refractivity contribution in [3.63, 3.8) is 0 Å². The van der Waals surface area contributed by atoms with Crippen molar-refractivity contribution in [1.29, 1.82) is 0 Å². The van der Waals surface area contributed by atoms with Gasteiger partial charge in [-0.25, -0.2) is 4.79 Å². The Bertz CT molecular complexity index is 573. The predicted octanol–water partition coefficient (Wildman–Crippen LogP) is 3.41. The summed E-state index contributed by atoms with van der Waals surface area (Å²) >= 11 is 6.16. The molecule has 0 radical (unpaired) electrons. The summed E-state index contributed by atoms with van der Waals surface area (Å²) in [7, 11) is 0. The molecule has 2 rings (SSSR count). The first-order chi connectivity index (χ1) is 9.88. The third kappa shape index (κ3) is 2.91. The Hall–Kier alpha value is -1.55. The first kappa shape index (κ1) is 15.8. The molecule has 0 aliphatic heterocycles. The zero-order chi connectivity index (χ0) is 15.6. The number of carboxylic acid groups (broad SMARTS) is 1. The fourth-order valence-corrected chi connectivity index (χ4v) is 3.21. The number of halogens is 1.